The molecule has 0 heterocycles. The number of carbonyl (C=O) groups excluding carboxylic acids is 1. The molecule has 0 aliphatic rings. The van der Waals surface area contributed by atoms with Crippen LogP contribution in [0.3, 0.4) is 0 Å². The second-order valence-corrected chi connectivity index (χ2v) is 6.56. The lowest BCUT2D eigenvalue weighted by Gasteiger charge is -2.07. The third-order valence-electron chi connectivity index (χ3n) is 3.05. The van der Waals surface area contributed by atoms with E-state index >= 15 is 0 Å². The number of ether oxygens (including phenoxy) is 2. The van der Waals surface area contributed by atoms with E-state index in [-0.39, 0.29) is 6.16 Å². The van der Waals surface area contributed by atoms with Crippen molar-refractivity contribution in [1.29, 1.82) is 0 Å². The maximum Gasteiger partial charge on any atom is 0.333 e. The highest BCUT2D eigenvalue weighted by atomic mass is 31.2. The molecule has 0 aromatic heterocycles. The van der Waals surface area contributed by atoms with Gasteiger partial charge in [-0.3, -0.25) is 4.57 Å². The molecule has 0 bridgehead atoms. The summed E-state index contributed by atoms with van der Waals surface area (Å²) in [7, 11) is -1.10. The first-order valence-electron chi connectivity index (χ1n) is 6.83. The number of methoxy groups -OCH3 is 2. The molecule has 7 heteroatoms. The fourth-order valence-electron chi connectivity index (χ4n) is 1.90. The summed E-state index contributed by atoms with van der Waals surface area (Å²) in [6.45, 7) is 0. The molecular weight excluding hydrogens is 307 g/mol. The Bertz CT molecular complexity index is 558. The molecule has 0 unspecified atom stereocenters. The minimum Gasteiger partial charge on any atom is -0.497 e. The lowest BCUT2D eigenvalue weighted by Crippen LogP contribution is -2.05. The summed E-state index contributed by atoms with van der Waals surface area (Å²) >= 11 is 0. The monoisotopic (exact) mass is 328 g/mol. The standard InChI is InChI=1S/C15H21O6P/c1-20-14-8-6-12(7-9-14)11-13(15(16)21-2)5-3-4-10-22(17,18)19/h6-9,11H,3-5,10H2,1-2H3,(H2,17,18,19)/b13-11+. The van der Waals surface area contributed by atoms with Crippen LogP contribution in [-0.4, -0.2) is 36.1 Å². The molecule has 0 saturated heterocycles. The van der Waals surface area contributed by atoms with Crippen LogP contribution < -0.4 is 4.74 Å². The Morgan fingerprint density at radius 2 is 1.82 bits per heavy atom. The van der Waals surface area contributed by atoms with Gasteiger partial charge in [-0.05, 0) is 43.0 Å². The van der Waals surface area contributed by atoms with Crippen LogP contribution in [0.2, 0.25) is 0 Å². The van der Waals surface area contributed by atoms with Gasteiger partial charge in [-0.25, -0.2) is 4.79 Å². The first kappa shape index (κ1) is 18.4. The Morgan fingerprint density at radius 3 is 2.32 bits per heavy atom. The van der Waals surface area contributed by atoms with Gasteiger partial charge < -0.3 is 19.3 Å². The number of esters is 1. The van der Waals surface area contributed by atoms with Gasteiger partial charge >= 0.3 is 13.6 Å². The average molecular weight is 328 g/mol. The molecule has 2 N–H and O–H groups in total. The number of benzene rings is 1. The Hall–Kier alpha value is -1.62. The van der Waals surface area contributed by atoms with E-state index in [0.717, 1.165) is 11.3 Å². The van der Waals surface area contributed by atoms with Gasteiger partial charge in [-0.2, -0.15) is 0 Å². The summed E-state index contributed by atoms with van der Waals surface area (Å²) in [5.74, 6) is 0.283. The summed E-state index contributed by atoms with van der Waals surface area (Å²) in [6, 6.07) is 7.21. The summed E-state index contributed by atoms with van der Waals surface area (Å²) in [4.78, 5) is 29.4. The number of carbonyl (C=O) groups is 1. The van der Waals surface area contributed by atoms with Crippen molar-refractivity contribution in [2.45, 2.75) is 19.3 Å². The largest absolute Gasteiger partial charge is 0.497 e. The Balaban J connectivity index is 2.72. The normalized spacial score (nSPS) is 12.1. The van der Waals surface area contributed by atoms with Crippen molar-refractivity contribution in [2.24, 2.45) is 0 Å². The van der Waals surface area contributed by atoms with Gasteiger partial charge in [0, 0.05) is 11.7 Å². The SMILES string of the molecule is COC(=O)/C(=C/c1ccc(OC)cc1)CCCCP(=O)(O)O. The Kier molecular flexibility index (Phi) is 7.32. The van der Waals surface area contributed by atoms with E-state index in [0.29, 0.717) is 24.8 Å². The number of rotatable bonds is 8. The summed E-state index contributed by atoms with van der Waals surface area (Å²) in [6.07, 6.45) is 2.79. The number of unbranched alkanes of at least 4 members (excludes halogenated alkanes) is 1. The Labute approximate surface area is 129 Å². The Morgan fingerprint density at radius 1 is 1.18 bits per heavy atom. The minimum atomic E-state index is -3.98. The minimum absolute atomic E-state index is 0.177. The molecule has 1 rings (SSSR count). The fourth-order valence-corrected chi connectivity index (χ4v) is 2.53. The second kappa shape index (κ2) is 8.73. The molecule has 0 atom stereocenters. The second-order valence-electron chi connectivity index (χ2n) is 4.78. The molecule has 1 aromatic carbocycles. The molecule has 22 heavy (non-hydrogen) atoms. The quantitative estimate of drug-likeness (QED) is 0.330. The maximum absolute atomic E-state index is 11.8. The smallest absolute Gasteiger partial charge is 0.333 e. The van der Waals surface area contributed by atoms with Crippen molar-refractivity contribution >= 4 is 19.6 Å². The molecule has 0 amide bonds. The molecule has 0 aliphatic heterocycles. The zero-order valence-electron chi connectivity index (χ0n) is 12.7. The van der Waals surface area contributed by atoms with Crippen LogP contribution in [0.1, 0.15) is 24.8 Å². The van der Waals surface area contributed by atoms with E-state index in [1.165, 1.54) is 7.11 Å². The van der Waals surface area contributed by atoms with Gasteiger partial charge in [0.25, 0.3) is 0 Å². The van der Waals surface area contributed by atoms with Crippen LogP contribution in [-0.2, 0) is 14.1 Å². The van der Waals surface area contributed by atoms with E-state index in [1.54, 1.807) is 25.3 Å². The van der Waals surface area contributed by atoms with Gasteiger partial charge in [0.1, 0.15) is 5.75 Å². The van der Waals surface area contributed by atoms with Crippen LogP contribution in [0.25, 0.3) is 6.08 Å². The first-order valence-corrected chi connectivity index (χ1v) is 8.63. The van der Waals surface area contributed by atoms with E-state index in [4.69, 9.17) is 19.3 Å². The number of hydrogen-bond donors (Lipinski definition) is 2. The van der Waals surface area contributed by atoms with Gasteiger partial charge in [0.2, 0.25) is 0 Å². The molecule has 1 aromatic rings. The fraction of sp³-hybridized carbons (Fsp3) is 0.400. The lowest BCUT2D eigenvalue weighted by molar-refractivity contribution is -0.136. The van der Waals surface area contributed by atoms with Gasteiger partial charge in [0.15, 0.2) is 0 Å². The third kappa shape index (κ3) is 6.89. The summed E-state index contributed by atoms with van der Waals surface area (Å²) < 4.78 is 20.6. The van der Waals surface area contributed by atoms with Crippen molar-refractivity contribution in [3.05, 3.63) is 35.4 Å². The molecular formula is C15H21O6P. The van der Waals surface area contributed by atoms with Gasteiger partial charge in [-0.15, -0.1) is 0 Å². The van der Waals surface area contributed by atoms with Gasteiger partial charge in [-0.1, -0.05) is 12.1 Å². The molecule has 0 fully saturated rings. The summed E-state index contributed by atoms with van der Waals surface area (Å²) in [5, 5.41) is 0. The van der Waals surface area contributed by atoms with Crippen molar-refractivity contribution in [1.82, 2.24) is 0 Å². The zero-order chi connectivity index (χ0) is 16.6. The summed E-state index contributed by atoms with van der Waals surface area (Å²) in [5.41, 5.74) is 1.30. The van der Waals surface area contributed by atoms with Crippen LogP contribution in [0.15, 0.2) is 29.8 Å². The van der Waals surface area contributed by atoms with Crippen LogP contribution >= 0.6 is 7.60 Å². The van der Waals surface area contributed by atoms with Crippen molar-refractivity contribution in [3.63, 3.8) is 0 Å². The average Bonchev–Trinajstić information content (AvgIpc) is 2.49. The van der Waals surface area contributed by atoms with Crippen molar-refractivity contribution < 1.29 is 28.6 Å². The van der Waals surface area contributed by atoms with E-state index in [9.17, 15) is 9.36 Å². The lowest BCUT2D eigenvalue weighted by atomic mass is 10.1. The van der Waals surface area contributed by atoms with E-state index in [2.05, 4.69) is 0 Å². The van der Waals surface area contributed by atoms with Crippen molar-refractivity contribution in [3.8, 4) is 5.75 Å². The molecule has 6 nitrogen and oxygen atoms in total. The molecule has 0 aliphatic carbocycles. The van der Waals surface area contributed by atoms with Crippen molar-refractivity contribution in [2.75, 3.05) is 20.4 Å². The van der Waals surface area contributed by atoms with Crippen LogP contribution in [0.4, 0.5) is 0 Å². The van der Waals surface area contributed by atoms with E-state index in [1.807, 2.05) is 12.1 Å². The van der Waals surface area contributed by atoms with Crippen LogP contribution in [0, 0.1) is 0 Å². The highest BCUT2D eigenvalue weighted by Gasteiger charge is 2.14. The van der Waals surface area contributed by atoms with Gasteiger partial charge in [0.05, 0.1) is 14.2 Å². The molecule has 0 radical (unpaired) electrons. The number of hydrogen-bond acceptors (Lipinski definition) is 4. The topological polar surface area (TPSA) is 93.1 Å². The predicted octanol–water partition coefficient (Wildman–Crippen LogP) is 2.60. The third-order valence-corrected chi connectivity index (χ3v) is 3.95. The predicted molar refractivity (Wildman–Crippen MR) is 83.7 cm³/mol. The molecule has 0 spiro atoms. The highest BCUT2D eigenvalue weighted by Crippen LogP contribution is 2.35. The highest BCUT2D eigenvalue weighted by molar-refractivity contribution is 7.51. The van der Waals surface area contributed by atoms with Crippen LogP contribution in [0.5, 0.6) is 5.75 Å². The maximum atomic E-state index is 11.8. The first-order chi connectivity index (χ1) is 10.4. The van der Waals surface area contributed by atoms with E-state index < -0.39 is 13.6 Å². The zero-order valence-corrected chi connectivity index (χ0v) is 13.6. The molecule has 0 saturated carbocycles. The molecule has 122 valence electrons.